The Kier molecular flexibility index (Phi) is 4.52. The van der Waals surface area contributed by atoms with Crippen LogP contribution in [0, 0.1) is 24.7 Å². The lowest BCUT2D eigenvalue weighted by Gasteiger charge is -2.42. The third-order valence-electron chi connectivity index (χ3n) is 6.57. The van der Waals surface area contributed by atoms with Crippen LogP contribution in [-0.2, 0) is 16.0 Å². The number of nitrogens with one attached hydrogen (secondary N) is 1. The van der Waals surface area contributed by atoms with Gasteiger partial charge in [0, 0.05) is 29.2 Å². The van der Waals surface area contributed by atoms with Crippen LogP contribution in [0.1, 0.15) is 41.3 Å². The minimum Gasteiger partial charge on any atom is -0.511 e. The van der Waals surface area contributed by atoms with Gasteiger partial charge in [0.25, 0.3) is 5.91 Å². The van der Waals surface area contributed by atoms with Gasteiger partial charge in [0.05, 0.1) is 0 Å². The van der Waals surface area contributed by atoms with Crippen LogP contribution in [0.15, 0.2) is 34.6 Å². The number of carbonyl (C=O) groups excluding carboxylic acids is 3. The van der Waals surface area contributed by atoms with Crippen molar-refractivity contribution in [2.24, 2.45) is 23.5 Å². The molecule has 0 heterocycles. The number of benzene rings is 1. The van der Waals surface area contributed by atoms with E-state index in [1.54, 1.807) is 26.0 Å². The zero-order chi connectivity index (χ0) is 21.9. The van der Waals surface area contributed by atoms with Crippen LogP contribution < -0.4 is 11.1 Å². The first-order valence-electron chi connectivity index (χ1n) is 9.75. The molecule has 0 aliphatic heterocycles. The monoisotopic (exact) mass is 410 g/mol. The molecule has 0 saturated heterocycles. The maximum atomic E-state index is 13.5. The normalized spacial score (nSPS) is 25.5. The van der Waals surface area contributed by atoms with E-state index in [1.165, 1.54) is 0 Å². The summed E-state index contributed by atoms with van der Waals surface area (Å²) in [4.78, 5) is 48.7. The van der Waals surface area contributed by atoms with Crippen LogP contribution >= 0.6 is 0 Å². The Morgan fingerprint density at radius 2 is 1.87 bits per heavy atom. The van der Waals surface area contributed by atoms with Gasteiger partial charge < -0.3 is 15.9 Å². The lowest BCUT2D eigenvalue weighted by Crippen LogP contribution is -2.41. The number of hydrogen-bond donors (Lipinski definition) is 4. The first-order chi connectivity index (χ1) is 14.1. The first kappa shape index (κ1) is 19.9. The number of fused-ring (bicyclic) bond motifs is 3. The Morgan fingerprint density at radius 3 is 2.50 bits per heavy atom. The fourth-order valence-corrected chi connectivity index (χ4v) is 5.45. The summed E-state index contributed by atoms with van der Waals surface area (Å²) in [5, 5.41) is 22.2. The van der Waals surface area contributed by atoms with Crippen LogP contribution in [-0.4, -0.2) is 33.8 Å². The molecule has 5 N–H and O–H groups in total. The van der Waals surface area contributed by atoms with E-state index in [-0.39, 0.29) is 35.4 Å². The fourth-order valence-electron chi connectivity index (χ4n) is 5.45. The van der Waals surface area contributed by atoms with E-state index in [4.69, 9.17) is 10.8 Å². The number of Topliss-reactive ketones (excluding diaryl/α,β-unsaturated/α-hetero) is 2. The van der Waals surface area contributed by atoms with Crippen molar-refractivity contribution in [3.8, 4) is 0 Å². The van der Waals surface area contributed by atoms with Crippen LogP contribution in [0.4, 0.5) is 10.5 Å². The molecule has 0 spiro atoms. The van der Waals surface area contributed by atoms with Crippen LogP contribution in [0.5, 0.6) is 0 Å². The minimum absolute atomic E-state index is 0.0726. The minimum atomic E-state index is -1.21. The van der Waals surface area contributed by atoms with E-state index in [0.29, 0.717) is 40.8 Å². The van der Waals surface area contributed by atoms with Crippen molar-refractivity contribution in [1.29, 1.82) is 0 Å². The average molecular weight is 410 g/mol. The van der Waals surface area contributed by atoms with Crippen LogP contribution in [0.25, 0.3) is 0 Å². The maximum Gasteiger partial charge on any atom is 0.409 e. The first-order valence-corrected chi connectivity index (χ1v) is 9.75. The summed E-state index contributed by atoms with van der Waals surface area (Å²) < 4.78 is 0. The largest absolute Gasteiger partial charge is 0.511 e. The number of primary amides is 1. The molecule has 0 bridgehead atoms. The van der Waals surface area contributed by atoms with E-state index >= 15 is 0 Å². The van der Waals surface area contributed by atoms with E-state index in [1.807, 2.05) is 0 Å². The molecule has 30 heavy (non-hydrogen) atoms. The number of carbonyl (C=O) groups is 4. The summed E-state index contributed by atoms with van der Waals surface area (Å²) in [6.07, 6.45) is -0.203. The molecule has 3 aliphatic carbocycles. The summed E-state index contributed by atoms with van der Waals surface area (Å²) in [7, 11) is 0. The molecule has 156 valence electrons. The molecule has 3 unspecified atom stereocenters. The molecule has 4 rings (SSSR count). The quantitative estimate of drug-likeness (QED) is 0.551. The molecule has 8 nitrogen and oxygen atoms in total. The Hall–Kier alpha value is -3.42. The SMILES string of the molecule is CC1=C2C(=O)c3c(C)ccc(NC(=O)O)c3CC2CC2CC(=O)C(C(N)=O)=C(O)C12. The van der Waals surface area contributed by atoms with E-state index in [0.717, 1.165) is 5.56 Å². The summed E-state index contributed by atoms with van der Waals surface area (Å²) in [5.41, 5.74) is 8.39. The number of aryl methyl sites for hydroxylation is 1. The summed E-state index contributed by atoms with van der Waals surface area (Å²) in [6.45, 7) is 3.55. The van der Waals surface area contributed by atoms with E-state index in [9.17, 15) is 24.3 Å². The van der Waals surface area contributed by atoms with Gasteiger partial charge in [-0.05, 0) is 55.7 Å². The number of rotatable bonds is 2. The molecule has 2 amide bonds. The van der Waals surface area contributed by atoms with Gasteiger partial charge in [-0.1, -0.05) is 11.6 Å². The molecule has 1 aromatic rings. The van der Waals surface area contributed by atoms with Crippen molar-refractivity contribution in [1.82, 2.24) is 0 Å². The Morgan fingerprint density at radius 1 is 1.17 bits per heavy atom. The van der Waals surface area contributed by atoms with Gasteiger partial charge >= 0.3 is 6.09 Å². The number of nitrogens with two attached hydrogens (primary N) is 1. The second-order valence-electron chi connectivity index (χ2n) is 8.27. The standard InChI is InChI=1S/C22H22N2O6/c1-8-3-4-13(24-22(29)30)12-6-10-5-11-7-14(25)18(21(23)28)20(27)17(11)9(2)16(10)19(26)15(8)12/h3-4,10-11,17,24,27H,5-7H2,1-2H3,(H2,23,28)(H,29,30). The van der Waals surface area contributed by atoms with Gasteiger partial charge in [-0.15, -0.1) is 0 Å². The highest BCUT2D eigenvalue weighted by Crippen LogP contribution is 2.50. The highest BCUT2D eigenvalue weighted by Gasteiger charge is 2.47. The molecular formula is C22H22N2O6. The van der Waals surface area contributed by atoms with Crippen molar-refractivity contribution in [2.45, 2.75) is 33.1 Å². The summed E-state index contributed by atoms with van der Waals surface area (Å²) in [5.74, 6) is -3.02. The molecule has 3 atom stereocenters. The van der Waals surface area contributed by atoms with Crippen molar-refractivity contribution in [3.05, 3.63) is 51.3 Å². The average Bonchev–Trinajstić information content (AvgIpc) is 2.62. The van der Waals surface area contributed by atoms with Crippen molar-refractivity contribution >= 4 is 29.3 Å². The Labute approximate surface area is 172 Å². The highest BCUT2D eigenvalue weighted by atomic mass is 16.4. The van der Waals surface area contributed by atoms with Gasteiger partial charge in [0.2, 0.25) is 0 Å². The highest BCUT2D eigenvalue weighted by molar-refractivity contribution is 6.20. The molecule has 0 aromatic heterocycles. The number of allylic oxidation sites excluding steroid dienone is 2. The van der Waals surface area contributed by atoms with Crippen molar-refractivity contribution in [3.63, 3.8) is 0 Å². The predicted octanol–water partition coefficient (Wildman–Crippen LogP) is 2.66. The fraction of sp³-hybridized carbons (Fsp3) is 0.364. The molecule has 0 fully saturated rings. The van der Waals surface area contributed by atoms with Crippen molar-refractivity contribution < 1.29 is 29.4 Å². The van der Waals surface area contributed by atoms with E-state index < -0.39 is 23.7 Å². The van der Waals surface area contributed by atoms with Gasteiger partial charge in [-0.25, -0.2) is 4.79 Å². The molecular weight excluding hydrogens is 388 g/mol. The number of ketones is 2. The number of aliphatic hydroxyl groups excluding tert-OH is 1. The van der Waals surface area contributed by atoms with Crippen molar-refractivity contribution in [2.75, 3.05) is 5.32 Å². The molecule has 1 aromatic carbocycles. The zero-order valence-electron chi connectivity index (χ0n) is 16.6. The smallest absolute Gasteiger partial charge is 0.409 e. The second-order valence-corrected chi connectivity index (χ2v) is 8.27. The number of anilines is 1. The van der Waals surface area contributed by atoms with Crippen LogP contribution in [0.3, 0.4) is 0 Å². The molecule has 0 saturated carbocycles. The van der Waals surface area contributed by atoms with Crippen LogP contribution in [0.2, 0.25) is 0 Å². The Balaban J connectivity index is 1.88. The van der Waals surface area contributed by atoms with Gasteiger partial charge in [0.1, 0.15) is 11.3 Å². The molecule has 8 heteroatoms. The van der Waals surface area contributed by atoms with Gasteiger partial charge in [-0.2, -0.15) is 0 Å². The topological polar surface area (TPSA) is 147 Å². The summed E-state index contributed by atoms with van der Waals surface area (Å²) in [6, 6.07) is 3.35. The lowest BCUT2D eigenvalue weighted by atomic mass is 9.60. The predicted molar refractivity (Wildman–Crippen MR) is 107 cm³/mol. The third-order valence-corrected chi connectivity index (χ3v) is 6.57. The Bertz CT molecular complexity index is 1100. The second kappa shape index (κ2) is 6.83. The number of hydrogen-bond acceptors (Lipinski definition) is 5. The number of amides is 2. The van der Waals surface area contributed by atoms with E-state index in [2.05, 4.69) is 5.32 Å². The molecule has 3 aliphatic rings. The molecule has 0 radical (unpaired) electrons. The summed E-state index contributed by atoms with van der Waals surface area (Å²) >= 11 is 0. The lowest BCUT2D eigenvalue weighted by molar-refractivity contribution is -0.123. The number of aliphatic hydroxyl groups is 1. The zero-order valence-corrected chi connectivity index (χ0v) is 16.6. The third kappa shape index (κ3) is 2.82. The van der Waals surface area contributed by atoms with Gasteiger partial charge in [-0.3, -0.25) is 19.7 Å². The van der Waals surface area contributed by atoms with Gasteiger partial charge in [0.15, 0.2) is 11.6 Å². The number of carboxylic acid groups (broad SMARTS) is 1. The maximum absolute atomic E-state index is 13.5.